The fourth-order valence-electron chi connectivity index (χ4n) is 2.82. The minimum absolute atomic E-state index is 0.203. The molecule has 2 rings (SSSR count). The van der Waals surface area contributed by atoms with Gasteiger partial charge in [0, 0.05) is 6.04 Å². The van der Waals surface area contributed by atoms with E-state index in [1.165, 1.54) is 37.7 Å². The molecule has 0 heterocycles. The number of hydrogen-bond acceptors (Lipinski definition) is 2. The lowest BCUT2D eigenvalue weighted by Gasteiger charge is -2.25. The van der Waals surface area contributed by atoms with Gasteiger partial charge < -0.3 is 10.4 Å². The molecule has 0 spiro atoms. The Morgan fingerprint density at radius 3 is 2.50 bits per heavy atom. The van der Waals surface area contributed by atoms with E-state index in [9.17, 15) is 5.11 Å². The smallest absolute Gasteiger partial charge is 0.0587 e. The van der Waals surface area contributed by atoms with Crippen LogP contribution in [0.25, 0.3) is 0 Å². The number of aliphatic hydroxyl groups is 1. The van der Waals surface area contributed by atoms with Crippen LogP contribution in [0.1, 0.15) is 37.7 Å². The van der Waals surface area contributed by atoms with Gasteiger partial charge in [-0.3, -0.25) is 0 Å². The van der Waals surface area contributed by atoms with E-state index in [2.05, 4.69) is 29.6 Å². The SMILES string of the molecule is OC[C@@H](Cc1ccccc1)NCC1CCCCC1. The minimum Gasteiger partial charge on any atom is -0.395 e. The lowest BCUT2D eigenvalue weighted by Crippen LogP contribution is -2.38. The van der Waals surface area contributed by atoms with E-state index < -0.39 is 0 Å². The van der Waals surface area contributed by atoms with E-state index in [-0.39, 0.29) is 12.6 Å². The van der Waals surface area contributed by atoms with Crippen LogP contribution in [0.3, 0.4) is 0 Å². The second kappa shape index (κ2) is 7.55. The maximum absolute atomic E-state index is 9.45. The molecule has 1 aliphatic rings. The van der Waals surface area contributed by atoms with Crippen LogP contribution in [0.4, 0.5) is 0 Å². The van der Waals surface area contributed by atoms with E-state index in [1.807, 2.05) is 6.07 Å². The zero-order valence-electron chi connectivity index (χ0n) is 11.1. The summed E-state index contributed by atoms with van der Waals surface area (Å²) < 4.78 is 0. The maximum Gasteiger partial charge on any atom is 0.0587 e. The summed E-state index contributed by atoms with van der Waals surface area (Å²) in [6, 6.07) is 10.6. The molecular weight excluding hydrogens is 222 g/mol. The van der Waals surface area contributed by atoms with Crippen molar-refractivity contribution in [3.63, 3.8) is 0 Å². The van der Waals surface area contributed by atoms with Crippen LogP contribution in [0.5, 0.6) is 0 Å². The topological polar surface area (TPSA) is 32.3 Å². The third kappa shape index (κ3) is 4.43. The molecule has 0 unspecified atom stereocenters. The molecule has 18 heavy (non-hydrogen) atoms. The monoisotopic (exact) mass is 247 g/mol. The molecule has 1 saturated carbocycles. The Bertz CT molecular complexity index is 319. The Hall–Kier alpha value is -0.860. The highest BCUT2D eigenvalue weighted by atomic mass is 16.3. The molecule has 1 aliphatic carbocycles. The van der Waals surface area contributed by atoms with Crippen molar-refractivity contribution in [2.75, 3.05) is 13.2 Å². The van der Waals surface area contributed by atoms with Crippen molar-refractivity contribution in [3.8, 4) is 0 Å². The molecule has 0 amide bonds. The molecule has 2 heteroatoms. The first-order valence-electron chi connectivity index (χ1n) is 7.26. The summed E-state index contributed by atoms with van der Waals surface area (Å²) >= 11 is 0. The van der Waals surface area contributed by atoms with Gasteiger partial charge in [-0.25, -0.2) is 0 Å². The van der Waals surface area contributed by atoms with Crippen molar-refractivity contribution in [1.29, 1.82) is 0 Å². The van der Waals surface area contributed by atoms with Crippen molar-refractivity contribution < 1.29 is 5.11 Å². The molecule has 0 aliphatic heterocycles. The van der Waals surface area contributed by atoms with Crippen molar-refractivity contribution in [3.05, 3.63) is 35.9 Å². The molecule has 1 fully saturated rings. The zero-order valence-corrected chi connectivity index (χ0v) is 11.1. The van der Waals surface area contributed by atoms with E-state index >= 15 is 0 Å². The fourth-order valence-corrected chi connectivity index (χ4v) is 2.82. The third-order valence-corrected chi connectivity index (χ3v) is 3.97. The average Bonchev–Trinajstić information content (AvgIpc) is 2.45. The van der Waals surface area contributed by atoms with Gasteiger partial charge in [0.25, 0.3) is 0 Å². The van der Waals surface area contributed by atoms with Crippen molar-refractivity contribution in [2.24, 2.45) is 5.92 Å². The van der Waals surface area contributed by atoms with Crippen molar-refractivity contribution in [1.82, 2.24) is 5.32 Å². The molecule has 0 saturated heterocycles. The highest BCUT2D eigenvalue weighted by molar-refractivity contribution is 5.15. The van der Waals surface area contributed by atoms with Crippen LogP contribution in [-0.4, -0.2) is 24.3 Å². The Kier molecular flexibility index (Phi) is 5.69. The molecule has 1 aromatic rings. The standard InChI is InChI=1S/C16H25NO/c18-13-16(11-14-7-3-1-4-8-14)17-12-15-9-5-2-6-10-15/h1,3-4,7-8,15-18H,2,5-6,9-13H2/t16-/m1/s1. The highest BCUT2D eigenvalue weighted by Crippen LogP contribution is 2.22. The van der Waals surface area contributed by atoms with E-state index in [4.69, 9.17) is 0 Å². The quantitative estimate of drug-likeness (QED) is 0.810. The van der Waals surface area contributed by atoms with Crippen LogP contribution in [0.15, 0.2) is 30.3 Å². The summed E-state index contributed by atoms with van der Waals surface area (Å²) in [5.74, 6) is 0.823. The predicted molar refractivity (Wildman–Crippen MR) is 75.6 cm³/mol. The van der Waals surface area contributed by atoms with Crippen LogP contribution >= 0.6 is 0 Å². The number of hydrogen-bond donors (Lipinski definition) is 2. The predicted octanol–water partition coefficient (Wildman–Crippen LogP) is 2.76. The van der Waals surface area contributed by atoms with Gasteiger partial charge in [0.2, 0.25) is 0 Å². The van der Waals surface area contributed by atoms with Crippen LogP contribution in [0, 0.1) is 5.92 Å². The molecule has 100 valence electrons. The second-order valence-corrected chi connectivity index (χ2v) is 5.48. The van der Waals surface area contributed by atoms with Gasteiger partial charge in [0.15, 0.2) is 0 Å². The number of nitrogens with one attached hydrogen (secondary N) is 1. The summed E-state index contributed by atoms with van der Waals surface area (Å²) in [6.45, 7) is 1.29. The molecule has 0 aromatic heterocycles. The molecule has 0 bridgehead atoms. The fraction of sp³-hybridized carbons (Fsp3) is 0.625. The van der Waals surface area contributed by atoms with Gasteiger partial charge in [0.05, 0.1) is 6.61 Å². The Morgan fingerprint density at radius 2 is 1.83 bits per heavy atom. The third-order valence-electron chi connectivity index (χ3n) is 3.97. The summed E-state index contributed by atoms with van der Waals surface area (Å²) in [4.78, 5) is 0. The van der Waals surface area contributed by atoms with Gasteiger partial charge in [-0.15, -0.1) is 0 Å². The van der Waals surface area contributed by atoms with E-state index in [0.29, 0.717) is 0 Å². The van der Waals surface area contributed by atoms with Gasteiger partial charge >= 0.3 is 0 Å². The van der Waals surface area contributed by atoms with Gasteiger partial charge in [-0.05, 0) is 37.3 Å². The average molecular weight is 247 g/mol. The first-order valence-corrected chi connectivity index (χ1v) is 7.26. The number of benzene rings is 1. The molecule has 1 aromatic carbocycles. The van der Waals surface area contributed by atoms with Gasteiger partial charge in [-0.2, -0.15) is 0 Å². The Balaban J connectivity index is 1.75. The summed E-state index contributed by atoms with van der Waals surface area (Å²) in [5, 5.41) is 13.0. The van der Waals surface area contributed by atoms with Gasteiger partial charge in [0.1, 0.15) is 0 Å². The van der Waals surface area contributed by atoms with Crippen molar-refractivity contribution >= 4 is 0 Å². The molecule has 2 N–H and O–H groups in total. The summed E-state index contributed by atoms with van der Waals surface area (Å²) in [5.41, 5.74) is 1.30. The number of rotatable bonds is 6. The maximum atomic E-state index is 9.45. The Labute approximate surface area is 110 Å². The normalized spacial score (nSPS) is 18.7. The second-order valence-electron chi connectivity index (χ2n) is 5.48. The first-order chi connectivity index (χ1) is 8.88. The van der Waals surface area contributed by atoms with Crippen LogP contribution in [-0.2, 0) is 6.42 Å². The van der Waals surface area contributed by atoms with Gasteiger partial charge in [-0.1, -0.05) is 49.6 Å². The van der Waals surface area contributed by atoms with Crippen LogP contribution in [0.2, 0.25) is 0 Å². The first kappa shape index (κ1) is 13.6. The van der Waals surface area contributed by atoms with E-state index in [1.54, 1.807) is 0 Å². The molecular formula is C16H25NO. The summed E-state index contributed by atoms with van der Waals surface area (Å²) in [6.07, 6.45) is 7.81. The van der Waals surface area contributed by atoms with E-state index in [0.717, 1.165) is 18.9 Å². The van der Waals surface area contributed by atoms with Crippen molar-refractivity contribution in [2.45, 2.75) is 44.6 Å². The Morgan fingerprint density at radius 1 is 1.11 bits per heavy atom. The van der Waals surface area contributed by atoms with Crippen LogP contribution < -0.4 is 5.32 Å². The number of aliphatic hydroxyl groups excluding tert-OH is 1. The lowest BCUT2D eigenvalue weighted by molar-refractivity contribution is 0.228. The lowest BCUT2D eigenvalue weighted by atomic mass is 9.89. The minimum atomic E-state index is 0.203. The zero-order chi connectivity index (χ0) is 12.6. The highest BCUT2D eigenvalue weighted by Gasteiger charge is 2.15. The molecule has 0 radical (unpaired) electrons. The molecule has 1 atom stereocenters. The largest absolute Gasteiger partial charge is 0.395 e. The summed E-state index contributed by atoms with van der Waals surface area (Å²) in [7, 11) is 0. The molecule has 2 nitrogen and oxygen atoms in total.